The molecule has 0 heterocycles. The predicted octanol–water partition coefficient (Wildman–Crippen LogP) is 2.14. The molecular weight excluding hydrogens is 194 g/mol. The molecule has 1 aromatic rings. The average molecular weight is 209 g/mol. The lowest BCUT2D eigenvalue weighted by atomic mass is 10.1. The van der Waals surface area contributed by atoms with Gasteiger partial charge >= 0.3 is 5.97 Å². The lowest BCUT2D eigenvalue weighted by molar-refractivity contribution is 0.0681. The topological polar surface area (TPSA) is 72.5 Å². The average Bonchev–Trinajstić information content (AvgIpc) is 2.05. The predicted molar refractivity (Wildman–Crippen MR) is 58.2 cm³/mol. The highest BCUT2D eigenvalue weighted by Crippen LogP contribution is 2.25. The Morgan fingerprint density at radius 3 is 2.47 bits per heavy atom. The molecule has 4 heteroatoms. The minimum atomic E-state index is -1.04. The van der Waals surface area contributed by atoms with Gasteiger partial charge in [0.1, 0.15) is 16.9 Å². The highest BCUT2D eigenvalue weighted by Gasteiger charge is 2.17. The zero-order valence-corrected chi connectivity index (χ0v) is 9.07. The maximum absolute atomic E-state index is 10.9. The molecule has 1 rings (SSSR count). The minimum Gasteiger partial charge on any atom is -0.487 e. The number of ether oxygens (including phenoxy) is 1. The van der Waals surface area contributed by atoms with Gasteiger partial charge in [0.15, 0.2) is 0 Å². The smallest absolute Gasteiger partial charge is 0.339 e. The van der Waals surface area contributed by atoms with Gasteiger partial charge in [-0.2, -0.15) is 0 Å². The van der Waals surface area contributed by atoms with Crippen LogP contribution >= 0.6 is 0 Å². The van der Waals surface area contributed by atoms with Crippen molar-refractivity contribution in [3.05, 3.63) is 23.8 Å². The highest BCUT2D eigenvalue weighted by atomic mass is 16.5. The number of hydrogen-bond donors (Lipinski definition) is 2. The van der Waals surface area contributed by atoms with Crippen LogP contribution < -0.4 is 10.5 Å². The molecule has 0 amide bonds. The summed E-state index contributed by atoms with van der Waals surface area (Å²) >= 11 is 0. The molecule has 0 radical (unpaired) electrons. The van der Waals surface area contributed by atoms with Crippen molar-refractivity contribution < 1.29 is 14.6 Å². The molecule has 15 heavy (non-hydrogen) atoms. The van der Waals surface area contributed by atoms with E-state index in [9.17, 15) is 4.79 Å². The second-order valence-electron chi connectivity index (χ2n) is 4.28. The van der Waals surface area contributed by atoms with Gasteiger partial charge in [-0.1, -0.05) is 0 Å². The van der Waals surface area contributed by atoms with E-state index in [0.717, 1.165) is 0 Å². The number of rotatable bonds is 2. The van der Waals surface area contributed by atoms with Crippen molar-refractivity contribution in [3.63, 3.8) is 0 Å². The SMILES string of the molecule is CC(C)(C)Oc1ccc(N)cc1C(=O)O. The number of anilines is 1. The fourth-order valence-corrected chi connectivity index (χ4v) is 1.13. The van der Waals surface area contributed by atoms with Crippen LogP contribution in [0.2, 0.25) is 0 Å². The number of carbonyl (C=O) groups is 1. The summed E-state index contributed by atoms with van der Waals surface area (Å²) in [6, 6.07) is 4.58. The van der Waals surface area contributed by atoms with E-state index < -0.39 is 11.6 Å². The molecule has 0 atom stereocenters. The van der Waals surface area contributed by atoms with E-state index in [4.69, 9.17) is 15.6 Å². The molecule has 0 spiro atoms. The monoisotopic (exact) mass is 209 g/mol. The Kier molecular flexibility index (Phi) is 2.88. The molecule has 0 aliphatic carbocycles. The van der Waals surface area contributed by atoms with Crippen LogP contribution in [-0.4, -0.2) is 16.7 Å². The van der Waals surface area contributed by atoms with Crippen molar-refractivity contribution >= 4 is 11.7 Å². The lowest BCUT2D eigenvalue weighted by Gasteiger charge is -2.22. The van der Waals surface area contributed by atoms with E-state index in [0.29, 0.717) is 11.4 Å². The van der Waals surface area contributed by atoms with Gasteiger partial charge in [0.2, 0.25) is 0 Å². The normalized spacial score (nSPS) is 11.1. The third-order valence-corrected chi connectivity index (χ3v) is 1.65. The second kappa shape index (κ2) is 3.81. The quantitative estimate of drug-likeness (QED) is 0.732. The molecule has 3 N–H and O–H groups in total. The molecular formula is C11H15NO3. The maximum Gasteiger partial charge on any atom is 0.339 e. The molecule has 0 saturated heterocycles. The van der Waals surface area contributed by atoms with Crippen molar-refractivity contribution in [1.29, 1.82) is 0 Å². The molecule has 0 aliphatic rings. The van der Waals surface area contributed by atoms with E-state index in [1.54, 1.807) is 12.1 Å². The fourth-order valence-electron chi connectivity index (χ4n) is 1.13. The van der Waals surface area contributed by atoms with Gasteiger partial charge in [-0.05, 0) is 39.0 Å². The molecule has 0 unspecified atom stereocenters. The summed E-state index contributed by atoms with van der Waals surface area (Å²) in [6.45, 7) is 5.57. The number of aromatic carboxylic acids is 1. The zero-order valence-electron chi connectivity index (χ0n) is 9.07. The molecule has 0 aliphatic heterocycles. The number of benzene rings is 1. The van der Waals surface area contributed by atoms with Gasteiger partial charge in [0.25, 0.3) is 0 Å². The summed E-state index contributed by atoms with van der Waals surface area (Å²) in [6.07, 6.45) is 0. The van der Waals surface area contributed by atoms with E-state index in [-0.39, 0.29) is 5.56 Å². The van der Waals surface area contributed by atoms with E-state index in [1.807, 2.05) is 20.8 Å². The molecule has 0 saturated carbocycles. The largest absolute Gasteiger partial charge is 0.487 e. The highest BCUT2D eigenvalue weighted by molar-refractivity contribution is 5.92. The van der Waals surface area contributed by atoms with Gasteiger partial charge in [0.05, 0.1) is 0 Å². The minimum absolute atomic E-state index is 0.0879. The van der Waals surface area contributed by atoms with Crippen LogP contribution in [0.1, 0.15) is 31.1 Å². The van der Waals surface area contributed by atoms with E-state index in [2.05, 4.69) is 0 Å². The molecule has 0 aromatic heterocycles. The Labute approximate surface area is 88.7 Å². The van der Waals surface area contributed by atoms with Crippen LogP contribution in [0.4, 0.5) is 5.69 Å². The van der Waals surface area contributed by atoms with Crippen LogP contribution in [0.25, 0.3) is 0 Å². The first-order valence-electron chi connectivity index (χ1n) is 4.61. The Hall–Kier alpha value is -1.71. The first-order valence-corrected chi connectivity index (χ1v) is 4.61. The Morgan fingerprint density at radius 2 is 2.00 bits per heavy atom. The number of carboxylic acids is 1. The maximum atomic E-state index is 10.9. The number of carboxylic acid groups (broad SMARTS) is 1. The van der Waals surface area contributed by atoms with Crippen molar-refractivity contribution in [3.8, 4) is 5.75 Å². The number of nitrogens with two attached hydrogens (primary N) is 1. The lowest BCUT2D eigenvalue weighted by Crippen LogP contribution is -2.24. The van der Waals surface area contributed by atoms with Crippen LogP contribution in [0.5, 0.6) is 5.75 Å². The Bertz CT molecular complexity index is 380. The summed E-state index contributed by atoms with van der Waals surface area (Å²) in [5.74, 6) is -0.703. The van der Waals surface area contributed by atoms with E-state index in [1.165, 1.54) is 6.07 Å². The summed E-state index contributed by atoms with van der Waals surface area (Å²) in [4.78, 5) is 10.9. The van der Waals surface area contributed by atoms with Crippen molar-refractivity contribution in [2.45, 2.75) is 26.4 Å². The van der Waals surface area contributed by atoms with Gasteiger partial charge in [-0.15, -0.1) is 0 Å². The molecule has 1 aromatic carbocycles. The summed E-state index contributed by atoms with van der Waals surface area (Å²) in [5.41, 5.74) is 5.58. The number of nitrogen functional groups attached to an aromatic ring is 1. The summed E-state index contributed by atoms with van der Waals surface area (Å²) < 4.78 is 5.51. The zero-order chi connectivity index (χ0) is 11.6. The second-order valence-corrected chi connectivity index (χ2v) is 4.28. The first-order chi connectivity index (χ1) is 6.79. The Balaban J connectivity index is 3.12. The summed E-state index contributed by atoms with van der Waals surface area (Å²) in [7, 11) is 0. The summed E-state index contributed by atoms with van der Waals surface area (Å²) in [5, 5.41) is 8.95. The van der Waals surface area contributed by atoms with Crippen LogP contribution in [0.3, 0.4) is 0 Å². The van der Waals surface area contributed by atoms with Gasteiger partial charge in [-0.25, -0.2) is 4.79 Å². The van der Waals surface area contributed by atoms with Gasteiger partial charge in [0, 0.05) is 5.69 Å². The van der Waals surface area contributed by atoms with Crippen molar-refractivity contribution in [1.82, 2.24) is 0 Å². The van der Waals surface area contributed by atoms with Gasteiger partial charge < -0.3 is 15.6 Å². The van der Waals surface area contributed by atoms with Crippen molar-refractivity contribution in [2.24, 2.45) is 0 Å². The van der Waals surface area contributed by atoms with Crippen LogP contribution in [-0.2, 0) is 0 Å². The standard InChI is InChI=1S/C11H15NO3/c1-11(2,3)15-9-5-4-7(12)6-8(9)10(13)14/h4-6H,12H2,1-3H3,(H,13,14). The first kappa shape index (κ1) is 11.4. The third-order valence-electron chi connectivity index (χ3n) is 1.65. The van der Waals surface area contributed by atoms with E-state index >= 15 is 0 Å². The number of hydrogen-bond acceptors (Lipinski definition) is 3. The molecule has 0 fully saturated rings. The Morgan fingerprint density at radius 1 is 1.40 bits per heavy atom. The molecule has 82 valence electrons. The molecule has 4 nitrogen and oxygen atoms in total. The third kappa shape index (κ3) is 3.16. The van der Waals surface area contributed by atoms with Crippen molar-refractivity contribution in [2.75, 3.05) is 5.73 Å². The van der Waals surface area contributed by atoms with Crippen LogP contribution in [0.15, 0.2) is 18.2 Å². The molecule has 0 bridgehead atoms. The van der Waals surface area contributed by atoms with Gasteiger partial charge in [-0.3, -0.25) is 0 Å². The fraction of sp³-hybridized carbons (Fsp3) is 0.364. The van der Waals surface area contributed by atoms with Crippen LogP contribution in [0, 0.1) is 0 Å².